The Morgan fingerprint density at radius 3 is 2.73 bits per heavy atom. The second-order valence-electron chi connectivity index (χ2n) is 3.23. The third-order valence-electron chi connectivity index (χ3n) is 2.22. The van der Waals surface area contributed by atoms with Crippen LogP contribution >= 0.6 is 0 Å². The number of benzene rings is 2. The van der Waals surface area contributed by atoms with E-state index in [1.54, 1.807) is 0 Å². The molecule has 2 aromatic rings. The maximum Gasteiger partial charge on any atom is 0.127 e. The van der Waals surface area contributed by atoms with Gasteiger partial charge in [0.2, 0.25) is 0 Å². The summed E-state index contributed by atoms with van der Waals surface area (Å²) in [6.45, 7) is 0.869. The third kappa shape index (κ3) is 2.26. The first-order valence-electron chi connectivity index (χ1n) is 4.89. The molecule has 2 rings (SSSR count). The van der Waals surface area contributed by atoms with Crippen LogP contribution in [0.1, 0.15) is 0 Å². The Balaban J connectivity index is 2.26. The molecule has 0 saturated heterocycles. The standard InChI is InChI=1S/C12H13NO2/c14-13-8-9-15-12-7-3-5-10-4-1-2-6-11(10)12/h1-7,13-14H,8-9H2. The van der Waals surface area contributed by atoms with Crippen molar-refractivity contribution in [3.8, 4) is 5.75 Å². The van der Waals surface area contributed by atoms with Crippen molar-refractivity contribution in [2.75, 3.05) is 13.2 Å². The van der Waals surface area contributed by atoms with Gasteiger partial charge in [-0.3, -0.25) is 0 Å². The Bertz CT molecular complexity index is 437. The molecule has 15 heavy (non-hydrogen) atoms. The van der Waals surface area contributed by atoms with Crippen LogP contribution in [-0.4, -0.2) is 18.4 Å². The topological polar surface area (TPSA) is 41.5 Å². The van der Waals surface area contributed by atoms with Gasteiger partial charge in [0.1, 0.15) is 12.4 Å². The summed E-state index contributed by atoms with van der Waals surface area (Å²) >= 11 is 0. The summed E-state index contributed by atoms with van der Waals surface area (Å²) < 4.78 is 5.54. The van der Waals surface area contributed by atoms with E-state index in [2.05, 4.69) is 5.48 Å². The highest BCUT2D eigenvalue weighted by molar-refractivity contribution is 5.88. The largest absolute Gasteiger partial charge is 0.492 e. The van der Waals surface area contributed by atoms with Crippen LogP contribution in [0, 0.1) is 0 Å². The molecule has 0 saturated carbocycles. The van der Waals surface area contributed by atoms with Crippen LogP contribution in [0.15, 0.2) is 42.5 Å². The fourth-order valence-corrected chi connectivity index (χ4v) is 1.53. The predicted octanol–water partition coefficient (Wildman–Crippen LogP) is 2.20. The van der Waals surface area contributed by atoms with E-state index >= 15 is 0 Å². The minimum absolute atomic E-state index is 0.420. The zero-order chi connectivity index (χ0) is 10.5. The van der Waals surface area contributed by atoms with Gasteiger partial charge in [0.05, 0.1) is 6.54 Å². The second kappa shape index (κ2) is 4.77. The van der Waals surface area contributed by atoms with Crippen molar-refractivity contribution in [3.63, 3.8) is 0 Å². The Kier molecular flexibility index (Phi) is 3.17. The Labute approximate surface area is 88.3 Å². The van der Waals surface area contributed by atoms with Gasteiger partial charge in [0, 0.05) is 5.39 Å². The van der Waals surface area contributed by atoms with Crippen molar-refractivity contribution in [1.82, 2.24) is 5.48 Å². The average molecular weight is 203 g/mol. The van der Waals surface area contributed by atoms with Crippen LogP contribution in [-0.2, 0) is 0 Å². The highest BCUT2D eigenvalue weighted by Gasteiger charge is 1.99. The molecule has 3 nitrogen and oxygen atoms in total. The van der Waals surface area contributed by atoms with E-state index in [-0.39, 0.29) is 0 Å². The molecule has 0 atom stereocenters. The molecule has 0 amide bonds. The van der Waals surface area contributed by atoms with Crippen LogP contribution < -0.4 is 10.2 Å². The monoisotopic (exact) mass is 203 g/mol. The van der Waals surface area contributed by atoms with Crippen LogP contribution in [0.4, 0.5) is 0 Å². The summed E-state index contributed by atoms with van der Waals surface area (Å²) in [6, 6.07) is 14.0. The zero-order valence-corrected chi connectivity index (χ0v) is 8.31. The minimum Gasteiger partial charge on any atom is -0.492 e. The third-order valence-corrected chi connectivity index (χ3v) is 2.22. The Morgan fingerprint density at radius 1 is 1.07 bits per heavy atom. The van der Waals surface area contributed by atoms with Gasteiger partial charge < -0.3 is 9.94 Å². The molecule has 0 bridgehead atoms. The summed E-state index contributed by atoms with van der Waals surface area (Å²) in [6.07, 6.45) is 0. The van der Waals surface area contributed by atoms with Crippen molar-refractivity contribution in [2.24, 2.45) is 0 Å². The van der Waals surface area contributed by atoms with Crippen molar-refractivity contribution >= 4 is 10.8 Å². The van der Waals surface area contributed by atoms with Gasteiger partial charge in [-0.15, -0.1) is 0 Å². The molecule has 0 fully saturated rings. The fourth-order valence-electron chi connectivity index (χ4n) is 1.53. The van der Waals surface area contributed by atoms with Gasteiger partial charge >= 0.3 is 0 Å². The zero-order valence-electron chi connectivity index (χ0n) is 8.31. The molecule has 2 aromatic carbocycles. The quantitative estimate of drug-likeness (QED) is 0.591. The first-order chi connectivity index (χ1) is 7.42. The highest BCUT2D eigenvalue weighted by Crippen LogP contribution is 2.24. The smallest absolute Gasteiger partial charge is 0.127 e. The SMILES string of the molecule is ONCCOc1cccc2ccccc12. The predicted molar refractivity (Wildman–Crippen MR) is 59.2 cm³/mol. The van der Waals surface area contributed by atoms with E-state index in [1.165, 1.54) is 0 Å². The Morgan fingerprint density at radius 2 is 1.87 bits per heavy atom. The second-order valence-corrected chi connectivity index (χ2v) is 3.23. The fraction of sp³-hybridized carbons (Fsp3) is 0.167. The van der Waals surface area contributed by atoms with Crippen molar-refractivity contribution in [3.05, 3.63) is 42.5 Å². The Hall–Kier alpha value is -1.58. The van der Waals surface area contributed by atoms with Gasteiger partial charge in [-0.25, -0.2) is 5.48 Å². The van der Waals surface area contributed by atoms with Gasteiger partial charge in [0.25, 0.3) is 0 Å². The molecule has 0 aliphatic heterocycles. The molecular weight excluding hydrogens is 190 g/mol. The lowest BCUT2D eigenvalue weighted by Crippen LogP contribution is -2.16. The first-order valence-corrected chi connectivity index (χ1v) is 4.89. The maximum absolute atomic E-state index is 8.43. The van der Waals surface area contributed by atoms with Crippen LogP contribution in [0.5, 0.6) is 5.75 Å². The van der Waals surface area contributed by atoms with Crippen LogP contribution in [0.2, 0.25) is 0 Å². The molecule has 0 unspecified atom stereocenters. The molecule has 0 aromatic heterocycles. The lowest BCUT2D eigenvalue weighted by Gasteiger charge is -2.08. The van der Waals surface area contributed by atoms with Gasteiger partial charge in [-0.2, -0.15) is 0 Å². The summed E-state index contributed by atoms with van der Waals surface area (Å²) in [4.78, 5) is 0. The van der Waals surface area contributed by atoms with Crippen molar-refractivity contribution < 1.29 is 9.94 Å². The number of hydrogen-bond acceptors (Lipinski definition) is 3. The summed E-state index contributed by atoms with van der Waals surface area (Å²) in [5.41, 5.74) is 2.06. The molecule has 78 valence electrons. The van der Waals surface area contributed by atoms with E-state index in [0.717, 1.165) is 16.5 Å². The lowest BCUT2D eigenvalue weighted by atomic mass is 10.1. The number of nitrogens with one attached hydrogen (secondary N) is 1. The average Bonchev–Trinajstić information content (AvgIpc) is 2.30. The molecule has 0 aliphatic rings. The number of hydrogen-bond donors (Lipinski definition) is 2. The summed E-state index contributed by atoms with van der Waals surface area (Å²) in [5.74, 6) is 0.850. The van der Waals surface area contributed by atoms with E-state index in [1.807, 2.05) is 42.5 Å². The van der Waals surface area contributed by atoms with Crippen LogP contribution in [0.3, 0.4) is 0 Å². The van der Waals surface area contributed by atoms with Crippen LogP contribution in [0.25, 0.3) is 10.8 Å². The van der Waals surface area contributed by atoms with Crippen molar-refractivity contribution in [2.45, 2.75) is 0 Å². The lowest BCUT2D eigenvalue weighted by molar-refractivity contribution is 0.146. The van der Waals surface area contributed by atoms with Gasteiger partial charge in [-0.1, -0.05) is 36.4 Å². The number of fused-ring (bicyclic) bond motifs is 1. The minimum atomic E-state index is 0.420. The highest BCUT2D eigenvalue weighted by atomic mass is 16.5. The van der Waals surface area contributed by atoms with E-state index < -0.39 is 0 Å². The molecule has 2 N–H and O–H groups in total. The first kappa shape index (κ1) is 9.96. The van der Waals surface area contributed by atoms with Gasteiger partial charge in [-0.05, 0) is 11.5 Å². The number of hydroxylamine groups is 1. The summed E-state index contributed by atoms with van der Waals surface area (Å²) in [5, 5.41) is 10.7. The maximum atomic E-state index is 8.43. The molecule has 0 heterocycles. The normalized spacial score (nSPS) is 10.5. The summed E-state index contributed by atoms with van der Waals surface area (Å²) in [7, 11) is 0. The number of ether oxygens (including phenoxy) is 1. The molecule has 0 spiro atoms. The number of rotatable bonds is 4. The molecular formula is C12H13NO2. The molecule has 0 aliphatic carbocycles. The van der Waals surface area contributed by atoms with Crippen molar-refractivity contribution in [1.29, 1.82) is 0 Å². The van der Waals surface area contributed by atoms with E-state index in [0.29, 0.717) is 13.2 Å². The van der Waals surface area contributed by atoms with E-state index in [4.69, 9.17) is 9.94 Å². The van der Waals surface area contributed by atoms with E-state index in [9.17, 15) is 0 Å². The van der Waals surface area contributed by atoms with Gasteiger partial charge in [0.15, 0.2) is 0 Å². The molecule has 3 heteroatoms. The molecule has 0 radical (unpaired) electrons.